The molecule has 1 atom stereocenters. The summed E-state index contributed by atoms with van der Waals surface area (Å²) in [5, 5.41) is 0. The molecule has 0 unspecified atom stereocenters. The van der Waals surface area contributed by atoms with Crippen LogP contribution in [0.3, 0.4) is 0 Å². The van der Waals surface area contributed by atoms with Gasteiger partial charge < -0.3 is 9.80 Å². The van der Waals surface area contributed by atoms with Gasteiger partial charge in [0.15, 0.2) is 0 Å². The van der Waals surface area contributed by atoms with Gasteiger partial charge in [0.2, 0.25) is 11.8 Å². The van der Waals surface area contributed by atoms with Gasteiger partial charge in [-0.3, -0.25) is 9.59 Å². The number of anilines is 1. The van der Waals surface area contributed by atoms with Gasteiger partial charge in [0.1, 0.15) is 0 Å². The number of benzene rings is 2. The number of carbonyl (C=O) groups excluding carboxylic acids is 2. The second-order valence-corrected chi connectivity index (χ2v) is 7.94. The first kappa shape index (κ1) is 17.9. The van der Waals surface area contributed by atoms with Crippen LogP contribution in [-0.2, 0) is 9.59 Å². The molecule has 0 saturated carbocycles. The molecule has 0 fully saturated rings. The second kappa shape index (κ2) is 7.61. The first-order valence-corrected chi connectivity index (χ1v) is 10.2. The summed E-state index contributed by atoms with van der Waals surface area (Å²) in [6.45, 7) is 2.26. The summed E-state index contributed by atoms with van der Waals surface area (Å²) in [5.74, 6) is 1.02. The van der Waals surface area contributed by atoms with E-state index in [1.807, 2.05) is 53.4 Å². The van der Waals surface area contributed by atoms with Gasteiger partial charge in [0.05, 0.1) is 18.2 Å². The molecule has 2 aliphatic rings. The van der Waals surface area contributed by atoms with Crippen LogP contribution in [0.1, 0.15) is 36.9 Å². The molecule has 2 amide bonds. The van der Waals surface area contributed by atoms with E-state index in [4.69, 9.17) is 0 Å². The van der Waals surface area contributed by atoms with Crippen LogP contribution in [-0.4, -0.2) is 29.0 Å². The van der Waals surface area contributed by atoms with E-state index in [2.05, 4.69) is 6.07 Å². The minimum atomic E-state index is -0.265. The zero-order valence-corrected chi connectivity index (χ0v) is 16.1. The molecule has 0 aromatic heterocycles. The molecular formula is C22H22N2O2S. The molecule has 0 aliphatic carbocycles. The predicted molar refractivity (Wildman–Crippen MR) is 109 cm³/mol. The molecule has 0 bridgehead atoms. The average molecular weight is 378 g/mol. The van der Waals surface area contributed by atoms with Crippen molar-refractivity contribution < 1.29 is 9.59 Å². The third kappa shape index (κ3) is 3.52. The zero-order chi connectivity index (χ0) is 18.8. The molecule has 4 nitrogen and oxygen atoms in total. The Labute approximate surface area is 163 Å². The monoisotopic (exact) mass is 378 g/mol. The van der Waals surface area contributed by atoms with Crippen LogP contribution in [0, 0.1) is 0 Å². The molecule has 5 heteroatoms. The van der Waals surface area contributed by atoms with Gasteiger partial charge in [0, 0.05) is 24.6 Å². The molecule has 0 saturated heterocycles. The van der Waals surface area contributed by atoms with Gasteiger partial charge in [-0.25, -0.2) is 0 Å². The fourth-order valence-corrected chi connectivity index (χ4v) is 4.77. The van der Waals surface area contributed by atoms with E-state index in [9.17, 15) is 9.59 Å². The third-order valence-electron chi connectivity index (χ3n) is 5.08. The Kier molecular flexibility index (Phi) is 5.03. The summed E-state index contributed by atoms with van der Waals surface area (Å²) in [5.41, 5.74) is 3.08. The fourth-order valence-electron chi connectivity index (χ4n) is 3.78. The molecule has 0 radical (unpaired) electrons. The summed E-state index contributed by atoms with van der Waals surface area (Å²) in [4.78, 5) is 30.2. The normalized spacial score (nSPS) is 18.5. The fraction of sp³-hybridized carbons (Fsp3) is 0.273. The number of hydrogen-bond acceptors (Lipinski definition) is 3. The van der Waals surface area contributed by atoms with E-state index >= 15 is 0 Å². The van der Waals surface area contributed by atoms with Crippen molar-refractivity contribution in [2.75, 3.05) is 17.2 Å². The summed E-state index contributed by atoms with van der Waals surface area (Å²) in [6, 6.07) is 15.8. The zero-order valence-electron chi connectivity index (χ0n) is 15.3. The van der Waals surface area contributed by atoms with Crippen molar-refractivity contribution in [2.24, 2.45) is 0 Å². The topological polar surface area (TPSA) is 40.6 Å². The Morgan fingerprint density at radius 2 is 1.89 bits per heavy atom. The number of nitrogens with zero attached hydrogens (tertiary/aromatic N) is 2. The molecule has 0 N–H and O–H groups in total. The van der Waals surface area contributed by atoms with Gasteiger partial charge in [-0.15, -0.1) is 11.8 Å². The highest BCUT2D eigenvalue weighted by Gasteiger charge is 2.31. The molecule has 2 aromatic carbocycles. The summed E-state index contributed by atoms with van der Waals surface area (Å²) < 4.78 is 0. The SMILES string of the molecule is CC(=O)N1C=Cc2ccccc2[C@H]1CC(=O)N1CCCSc2ccccc21. The highest BCUT2D eigenvalue weighted by molar-refractivity contribution is 7.99. The quantitative estimate of drug-likeness (QED) is 0.774. The van der Waals surface area contributed by atoms with Gasteiger partial charge in [-0.05, 0) is 41.5 Å². The molecule has 2 aromatic rings. The molecule has 27 heavy (non-hydrogen) atoms. The standard InChI is InChI=1S/C22H22N2O2S/c1-16(25)23-13-11-17-7-2-3-8-18(17)20(23)15-22(26)24-12-6-14-27-21-10-5-4-9-19(21)24/h2-5,7-11,13,20H,6,12,14-15H2,1H3/t20-/m1/s1. The first-order valence-electron chi connectivity index (χ1n) is 9.23. The van der Waals surface area contributed by atoms with Crippen molar-refractivity contribution in [3.8, 4) is 0 Å². The van der Waals surface area contributed by atoms with E-state index in [1.165, 1.54) is 0 Å². The Morgan fingerprint density at radius 1 is 1.11 bits per heavy atom. The maximum Gasteiger partial charge on any atom is 0.229 e. The van der Waals surface area contributed by atoms with Crippen molar-refractivity contribution in [2.45, 2.75) is 30.7 Å². The van der Waals surface area contributed by atoms with Crippen LogP contribution in [0.25, 0.3) is 6.08 Å². The Balaban J connectivity index is 1.65. The predicted octanol–water partition coefficient (Wildman–Crippen LogP) is 4.48. The molecule has 4 rings (SSSR count). The number of carbonyl (C=O) groups is 2. The van der Waals surface area contributed by atoms with Crippen LogP contribution in [0.2, 0.25) is 0 Å². The molecule has 2 heterocycles. The highest BCUT2D eigenvalue weighted by atomic mass is 32.2. The lowest BCUT2D eigenvalue weighted by Crippen LogP contribution is -2.38. The van der Waals surface area contributed by atoms with Gasteiger partial charge in [0.25, 0.3) is 0 Å². The lowest BCUT2D eigenvalue weighted by molar-refractivity contribution is -0.129. The van der Waals surface area contributed by atoms with Crippen molar-refractivity contribution in [1.82, 2.24) is 4.90 Å². The molecule has 138 valence electrons. The largest absolute Gasteiger partial charge is 0.311 e. The van der Waals surface area contributed by atoms with Crippen molar-refractivity contribution >= 4 is 35.3 Å². The lowest BCUT2D eigenvalue weighted by atomic mass is 9.93. The van der Waals surface area contributed by atoms with Crippen molar-refractivity contribution in [1.29, 1.82) is 0 Å². The maximum atomic E-state index is 13.3. The minimum Gasteiger partial charge on any atom is -0.311 e. The Morgan fingerprint density at radius 3 is 2.74 bits per heavy atom. The van der Waals surface area contributed by atoms with Crippen LogP contribution < -0.4 is 4.90 Å². The van der Waals surface area contributed by atoms with E-state index in [0.717, 1.165) is 33.9 Å². The van der Waals surface area contributed by atoms with Crippen LogP contribution in [0.15, 0.2) is 59.6 Å². The smallest absolute Gasteiger partial charge is 0.229 e. The van der Waals surface area contributed by atoms with Gasteiger partial charge in [-0.2, -0.15) is 0 Å². The molecular weight excluding hydrogens is 356 g/mol. The number of hydrogen-bond donors (Lipinski definition) is 0. The minimum absolute atomic E-state index is 0.0506. The van der Waals surface area contributed by atoms with Crippen molar-refractivity contribution in [3.05, 3.63) is 65.9 Å². The highest BCUT2D eigenvalue weighted by Crippen LogP contribution is 2.37. The molecule has 2 aliphatic heterocycles. The second-order valence-electron chi connectivity index (χ2n) is 6.81. The number of para-hydroxylation sites is 1. The van der Waals surface area contributed by atoms with Crippen LogP contribution >= 0.6 is 11.8 Å². The third-order valence-corrected chi connectivity index (χ3v) is 6.23. The Hall–Kier alpha value is -2.53. The van der Waals surface area contributed by atoms with Crippen LogP contribution in [0.5, 0.6) is 0 Å². The number of rotatable bonds is 2. The number of fused-ring (bicyclic) bond motifs is 2. The van der Waals surface area contributed by atoms with E-state index in [0.29, 0.717) is 6.54 Å². The summed E-state index contributed by atoms with van der Waals surface area (Å²) in [7, 11) is 0. The van der Waals surface area contributed by atoms with Gasteiger partial charge >= 0.3 is 0 Å². The van der Waals surface area contributed by atoms with Crippen LogP contribution in [0.4, 0.5) is 5.69 Å². The van der Waals surface area contributed by atoms with E-state index in [1.54, 1.807) is 29.8 Å². The van der Waals surface area contributed by atoms with E-state index < -0.39 is 0 Å². The number of amides is 2. The maximum absolute atomic E-state index is 13.3. The Bertz CT molecular complexity index is 909. The van der Waals surface area contributed by atoms with E-state index in [-0.39, 0.29) is 24.3 Å². The lowest BCUT2D eigenvalue weighted by Gasteiger charge is -2.34. The average Bonchev–Trinajstić information content (AvgIpc) is 2.90. The van der Waals surface area contributed by atoms with Gasteiger partial charge in [-0.1, -0.05) is 36.4 Å². The number of thioether (sulfide) groups is 1. The summed E-state index contributed by atoms with van der Waals surface area (Å²) >= 11 is 1.80. The van der Waals surface area contributed by atoms with Crippen molar-refractivity contribution in [3.63, 3.8) is 0 Å². The first-order chi connectivity index (χ1) is 13.1. The molecule has 0 spiro atoms. The summed E-state index contributed by atoms with van der Waals surface area (Å²) in [6.07, 6.45) is 4.98.